The maximum Gasteiger partial charge on any atom is 0.123 e. The first-order valence-electron chi connectivity index (χ1n) is 6.13. The van der Waals surface area contributed by atoms with Gasteiger partial charge >= 0.3 is 0 Å². The van der Waals surface area contributed by atoms with Crippen LogP contribution in [0.15, 0.2) is 34.3 Å². The quantitative estimate of drug-likeness (QED) is 0.497. The van der Waals surface area contributed by atoms with E-state index in [1.165, 1.54) is 11.6 Å². The summed E-state index contributed by atoms with van der Waals surface area (Å²) in [7, 11) is 0. The minimum Gasteiger partial charge on any atom is -0.207 e. The molecule has 0 N–H and O–H groups in total. The van der Waals surface area contributed by atoms with Crippen molar-refractivity contribution >= 4 is 27.5 Å². The summed E-state index contributed by atoms with van der Waals surface area (Å²) >= 11 is 9.75. The molecule has 1 aromatic rings. The van der Waals surface area contributed by atoms with Crippen LogP contribution in [0.25, 0.3) is 0 Å². The molecule has 2 rings (SSSR count). The second kappa shape index (κ2) is 5.34. The van der Waals surface area contributed by atoms with Gasteiger partial charge in [-0.1, -0.05) is 41.4 Å². The zero-order valence-electron chi connectivity index (χ0n) is 10.6. The van der Waals surface area contributed by atoms with E-state index in [9.17, 15) is 4.39 Å². The van der Waals surface area contributed by atoms with Crippen LogP contribution in [0.1, 0.15) is 32.3 Å². The van der Waals surface area contributed by atoms with Gasteiger partial charge in [0.1, 0.15) is 5.82 Å². The van der Waals surface area contributed by atoms with E-state index in [1.807, 2.05) is 0 Å². The standard InChI is InChI=1S/C15H17BrClF/c1-15(2)8-10(6-12(17)9-15)5-11-7-13(18)3-4-14(11)16/h3-4,6-7,12H,5,8-9H2,1-2H3. The van der Waals surface area contributed by atoms with E-state index >= 15 is 0 Å². The Bertz CT molecular complexity index is 479. The maximum atomic E-state index is 13.3. The molecule has 1 unspecified atom stereocenters. The normalized spacial score (nSPS) is 22.7. The molecule has 0 saturated carbocycles. The SMILES string of the molecule is CC1(C)CC(Cc2cc(F)ccc2Br)=CC(Cl)C1. The van der Waals surface area contributed by atoms with Crippen molar-refractivity contribution in [2.75, 3.05) is 0 Å². The summed E-state index contributed by atoms with van der Waals surface area (Å²) < 4.78 is 14.2. The first-order chi connectivity index (χ1) is 8.35. The highest BCUT2D eigenvalue weighted by molar-refractivity contribution is 9.10. The largest absolute Gasteiger partial charge is 0.207 e. The van der Waals surface area contributed by atoms with E-state index in [4.69, 9.17) is 11.6 Å². The first kappa shape index (κ1) is 14.1. The van der Waals surface area contributed by atoms with Gasteiger partial charge < -0.3 is 0 Å². The summed E-state index contributed by atoms with van der Waals surface area (Å²) in [5.74, 6) is -0.189. The minimum atomic E-state index is -0.189. The van der Waals surface area contributed by atoms with Crippen LogP contribution in [0.5, 0.6) is 0 Å². The van der Waals surface area contributed by atoms with E-state index in [0.717, 1.165) is 29.3 Å². The van der Waals surface area contributed by atoms with Crippen molar-refractivity contribution in [2.45, 2.75) is 38.5 Å². The average Bonchev–Trinajstić information content (AvgIpc) is 2.20. The molecule has 0 spiro atoms. The molecule has 0 aliphatic heterocycles. The Balaban J connectivity index is 2.21. The third kappa shape index (κ3) is 3.58. The number of hydrogen-bond donors (Lipinski definition) is 0. The topological polar surface area (TPSA) is 0 Å². The van der Waals surface area contributed by atoms with Crippen molar-refractivity contribution in [1.82, 2.24) is 0 Å². The van der Waals surface area contributed by atoms with Crippen LogP contribution < -0.4 is 0 Å². The lowest BCUT2D eigenvalue weighted by molar-refractivity contribution is 0.320. The van der Waals surface area contributed by atoms with Crippen molar-refractivity contribution < 1.29 is 4.39 Å². The summed E-state index contributed by atoms with van der Waals surface area (Å²) in [6.45, 7) is 4.46. The van der Waals surface area contributed by atoms with Crippen LogP contribution >= 0.6 is 27.5 Å². The fourth-order valence-electron chi connectivity index (χ4n) is 2.63. The summed E-state index contributed by atoms with van der Waals surface area (Å²) in [6.07, 6.45) is 4.93. The van der Waals surface area contributed by atoms with Crippen molar-refractivity contribution in [3.8, 4) is 0 Å². The Morgan fingerprint density at radius 2 is 2.17 bits per heavy atom. The summed E-state index contributed by atoms with van der Waals surface area (Å²) in [5, 5.41) is 0.0936. The minimum absolute atomic E-state index is 0.0936. The van der Waals surface area contributed by atoms with Crippen molar-refractivity contribution in [2.24, 2.45) is 5.41 Å². The summed E-state index contributed by atoms with van der Waals surface area (Å²) in [6, 6.07) is 4.82. The van der Waals surface area contributed by atoms with E-state index in [2.05, 4.69) is 35.9 Å². The van der Waals surface area contributed by atoms with Gasteiger partial charge in [0, 0.05) is 4.47 Å². The number of hydrogen-bond acceptors (Lipinski definition) is 0. The Kier molecular flexibility index (Phi) is 4.18. The highest BCUT2D eigenvalue weighted by Gasteiger charge is 2.27. The molecule has 0 fully saturated rings. The molecule has 1 aliphatic rings. The lowest BCUT2D eigenvalue weighted by Crippen LogP contribution is -2.22. The molecule has 1 aliphatic carbocycles. The molecular weight excluding hydrogens is 315 g/mol. The third-order valence-corrected chi connectivity index (χ3v) is 4.35. The highest BCUT2D eigenvalue weighted by Crippen LogP contribution is 2.39. The van der Waals surface area contributed by atoms with E-state index < -0.39 is 0 Å². The van der Waals surface area contributed by atoms with E-state index in [1.54, 1.807) is 12.1 Å². The number of benzene rings is 1. The van der Waals surface area contributed by atoms with Gasteiger partial charge in [-0.25, -0.2) is 4.39 Å². The molecule has 18 heavy (non-hydrogen) atoms. The van der Waals surface area contributed by atoms with Gasteiger partial charge in [-0.3, -0.25) is 0 Å². The van der Waals surface area contributed by atoms with Crippen LogP contribution in [0, 0.1) is 11.2 Å². The predicted octanol–water partition coefficient (Wildman–Crippen LogP) is 5.48. The number of rotatable bonds is 2. The summed E-state index contributed by atoms with van der Waals surface area (Å²) in [5.41, 5.74) is 2.52. The molecule has 0 bridgehead atoms. The van der Waals surface area contributed by atoms with Crippen LogP contribution in [-0.2, 0) is 6.42 Å². The Labute approximate surface area is 121 Å². The molecule has 98 valence electrons. The van der Waals surface area contributed by atoms with Gasteiger partial charge in [-0.05, 0) is 48.4 Å². The second-order valence-electron chi connectivity index (χ2n) is 5.80. The van der Waals surface area contributed by atoms with Crippen LogP contribution in [-0.4, -0.2) is 5.38 Å². The smallest absolute Gasteiger partial charge is 0.123 e. The molecular formula is C15H17BrClF. The fraction of sp³-hybridized carbons (Fsp3) is 0.467. The lowest BCUT2D eigenvalue weighted by atomic mass is 9.76. The molecule has 1 aromatic carbocycles. The van der Waals surface area contributed by atoms with Gasteiger partial charge in [0.2, 0.25) is 0 Å². The van der Waals surface area contributed by atoms with Crippen molar-refractivity contribution in [3.63, 3.8) is 0 Å². The number of halogens is 3. The van der Waals surface area contributed by atoms with Gasteiger partial charge in [0.05, 0.1) is 5.38 Å². The Hall–Kier alpha value is -0.340. The maximum absolute atomic E-state index is 13.3. The van der Waals surface area contributed by atoms with Gasteiger partial charge in [-0.15, -0.1) is 11.6 Å². The Morgan fingerprint density at radius 1 is 1.44 bits per heavy atom. The second-order valence-corrected chi connectivity index (χ2v) is 7.21. The number of alkyl halides is 1. The van der Waals surface area contributed by atoms with Crippen molar-refractivity contribution in [1.29, 1.82) is 0 Å². The van der Waals surface area contributed by atoms with Gasteiger partial charge in [0.25, 0.3) is 0 Å². The van der Waals surface area contributed by atoms with E-state index in [0.29, 0.717) is 0 Å². The molecule has 0 aromatic heterocycles. The monoisotopic (exact) mass is 330 g/mol. The lowest BCUT2D eigenvalue weighted by Gasteiger charge is -2.32. The average molecular weight is 332 g/mol. The van der Waals surface area contributed by atoms with Gasteiger partial charge in [-0.2, -0.15) is 0 Å². The predicted molar refractivity (Wildman–Crippen MR) is 78.5 cm³/mol. The van der Waals surface area contributed by atoms with Gasteiger partial charge in [0.15, 0.2) is 0 Å². The zero-order chi connectivity index (χ0) is 13.3. The third-order valence-electron chi connectivity index (χ3n) is 3.30. The van der Waals surface area contributed by atoms with Crippen LogP contribution in [0.2, 0.25) is 0 Å². The van der Waals surface area contributed by atoms with Crippen LogP contribution in [0.3, 0.4) is 0 Å². The molecule has 1 atom stereocenters. The molecule has 0 nitrogen and oxygen atoms in total. The molecule has 0 amide bonds. The van der Waals surface area contributed by atoms with E-state index in [-0.39, 0.29) is 16.6 Å². The van der Waals surface area contributed by atoms with Crippen molar-refractivity contribution in [3.05, 3.63) is 45.7 Å². The highest BCUT2D eigenvalue weighted by atomic mass is 79.9. The zero-order valence-corrected chi connectivity index (χ0v) is 13.0. The van der Waals surface area contributed by atoms with Crippen LogP contribution in [0.4, 0.5) is 4.39 Å². The molecule has 0 radical (unpaired) electrons. The first-order valence-corrected chi connectivity index (χ1v) is 7.36. The Morgan fingerprint density at radius 3 is 2.83 bits per heavy atom. The molecule has 0 saturated heterocycles. The fourth-order valence-corrected chi connectivity index (χ4v) is 3.62. The molecule has 3 heteroatoms. The number of allylic oxidation sites excluding steroid dienone is 2. The molecule has 0 heterocycles. The summed E-state index contributed by atoms with van der Waals surface area (Å²) in [4.78, 5) is 0.